The predicted molar refractivity (Wildman–Crippen MR) is 296 cm³/mol. The average molecular weight is 948 g/mol. The molecule has 0 unspecified atom stereocenters. The van der Waals surface area contributed by atoms with E-state index >= 15 is 0 Å². The maximum Gasteiger partial charge on any atom is 0.0462 e. The van der Waals surface area contributed by atoms with Gasteiger partial charge in [-0.1, -0.05) is 210 Å². The van der Waals surface area contributed by atoms with Gasteiger partial charge in [-0.25, -0.2) is 0 Å². The van der Waals surface area contributed by atoms with Crippen LogP contribution in [-0.4, -0.2) is 0 Å². The topological polar surface area (TPSA) is 6.48 Å². The molecule has 0 heterocycles. The van der Waals surface area contributed by atoms with Crippen LogP contribution in [0.1, 0.15) is 0 Å². The molecule has 3 heteroatoms. The zero-order valence-electron chi connectivity index (χ0n) is 37.9. The van der Waals surface area contributed by atoms with Crippen molar-refractivity contribution >= 4 is 50.1 Å². The molecule has 0 radical (unpaired) electrons. The van der Waals surface area contributed by atoms with Crippen molar-refractivity contribution in [3.63, 3.8) is 0 Å². The molecule has 11 aromatic carbocycles. The van der Waals surface area contributed by atoms with Gasteiger partial charge in [-0.2, -0.15) is 0 Å². The molecule has 69 heavy (non-hydrogen) atoms. The van der Waals surface area contributed by atoms with Crippen molar-refractivity contribution in [3.05, 3.63) is 290 Å². The fourth-order valence-electron chi connectivity index (χ4n) is 9.16. The molecule has 11 aromatic rings. The van der Waals surface area contributed by atoms with Crippen LogP contribution in [0.4, 0.5) is 34.1 Å². The van der Waals surface area contributed by atoms with Crippen LogP contribution in [0.5, 0.6) is 0 Å². The first kappa shape index (κ1) is 43.1. The van der Waals surface area contributed by atoms with Gasteiger partial charge in [0, 0.05) is 38.6 Å². The second kappa shape index (κ2) is 19.8. The zero-order valence-corrected chi connectivity index (χ0v) is 39.5. The van der Waals surface area contributed by atoms with Crippen LogP contribution in [0.2, 0.25) is 0 Å². The Labute approximate surface area is 413 Å². The molecule has 0 aliphatic rings. The van der Waals surface area contributed by atoms with Crippen LogP contribution >= 0.6 is 15.9 Å². The Morgan fingerprint density at radius 1 is 0.174 bits per heavy atom. The molecule has 0 atom stereocenters. The average Bonchev–Trinajstić information content (AvgIpc) is 3.43. The Morgan fingerprint density at radius 2 is 0.348 bits per heavy atom. The Morgan fingerprint density at radius 3 is 0.551 bits per heavy atom. The smallest absolute Gasteiger partial charge is 0.0462 e. The first-order valence-electron chi connectivity index (χ1n) is 23.3. The summed E-state index contributed by atoms with van der Waals surface area (Å²) in [6, 6.07) is 102. The summed E-state index contributed by atoms with van der Waals surface area (Å²) >= 11 is 3.88. The van der Waals surface area contributed by atoms with E-state index in [0.717, 1.165) is 60.9 Å². The van der Waals surface area contributed by atoms with Crippen molar-refractivity contribution in [2.75, 3.05) is 9.80 Å². The third-order valence-electron chi connectivity index (χ3n) is 12.7. The summed E-state index contributed by atoms with van der Waals surface area (Å²) in [6.45, 7) is 0. The number of halogens is 1. The lowest BCUT2D eigenvalue weighted by Crippen LogP contribution is -2.09. The van der Waals surface area contributed by atoms with Crippen molar-refractivity contribution in [2.24, 2.45) is 0 Å². The number of hydrogen-bond donors (Lipinski definition) is 0. The van der Waals surface area contributed by atoms with Gasteiger partial charge in [0.2, 0.25) is 0 Å². The fourth-order valence-corrected chi connectivity index (χ4v) is 9.65. The molecule has 11 rings (SSSR count). The Kier molecular flexibility index (Phi) is 12.3. The highest BCUT2D eigenvalue weighted by atomic mass is 79.9. The number of anilines is 6. The fraction of sp³-hybridized carbons (Fsp3) is 0. The van der Waals surface area contributed by atoms with Gasteiger partial charge in [0.1, 0.15) is 0 Å². The van der Waals surface area contributed by atoms with Gasteiger partial charge in [0.25, 0.3) is 0 Å². The molecule has 0 aliphatic carbocycles. The normalized spacial score (nSPS) is 11.0. The summed E-state index contributed by atoms with van der Waals surface area (Å²) in [5, 5.41) is 0. The van der Waals surface area contributed by atoms with Crippen LogP contribution in [0.25, 0.3) is 66.8 Å². The van der Waals surface area contributed by atoms with E-state index in [0.29, 0.717) is 0 Å². The monoisotopic (exact) mass is 946 g/mol. The van der Waals surface area contributed by atoms with Crippen molar-refractivity contribution in [2.45, 2.75) is 0 Å². The van der Waals surface area contributed by atoms with Gasteiger partial charge >= 0.3 is 0 Å². The minimum Gasteiger partial charge on any atom is -0.311 e. The zero-order chi connectivity index (χ0) is 46.4. The van der Waals surface area contributed by atoms with Crippen LogP contribution in [0, 0.1) is 0 Å². The molecule has 0 aromatic heterocycles. The molecule has 0 amide bonds. The van der Waals surface area contributed by atoms with Crippen molar-refractivity contribution < 1.29 is 0 Å². The second-order valence-corrected chi connectivity index (χ2v) is 18.1. The Balaban J connectivity index is 0.894. The van der Waals surface area contributed by atoms with E-state index < -0.39 is 0 Å². The SMILES string of the molecule is Brc1cc(-c2ccc(N(c3ccc(-c4ccccc4)cc3)c3ccc(-c4ccccc4)cc3)cc2)cc(-c2ccc(N(c3ccc(-c4ccccc4)cc3)c3ccc(-c4ccccc4)cc3)cc2)c1. The Hall–Kier alpha value is -8.50. The molecule has 0 saturated carbocycles. The maximum atomic E-state index is 3.88. The lowest BCUT2D eigenvalue weighted by Gasteiger charge is -2.26. The standard InChI is InChI=1S/C66H47BrN2/c67-60-46-58(56-29-41-65(42-30-56)68(61-33-21-52(22-34-61)48-13-5-1-6-14-48)62-35-23-53(24-36-62)49-15-7-2-8-16-49)45-59(47-60)57-31-43-66(44-32-57)69(63-37-25-54(26-38-63)50-17-9-3-10-18-50)64-39-27-55(28-40-64)51-19-11-4-12-20-51/h1-47H. The number of hydrogen-bond acceptors (Lipinski definition) is 2. The number of rotatable bonds is 12. The van der Waals surface area contributed by atoms with Gasteiger partial charge in [0.05, 0.1) is 0 Å². The predicted octanol–water partition coefficient (Wildman–Crippen LogP) is 19.4. The lowest BCUT2D eigenvalue weighted by atomic mass is 9.98. The first-order chi connectivity index (χ1) is 34.1. The summed E-state index contributed by atoms with van der Waals surface area (Å²) in [7, 11) is 0. The third kappa shape index (κ3) is 9.55. The number of benzene rings is 11. The van der Waals surface area contributed by atoms with Crippen LogP contribution < -0.4 is 9.80 Å². The van der Waals surface area contributed by atoms with Gasteiger partial charge in [0.15, 0.2) is 0 Å². The first-order valence-corrected chi connectivity index (χ1v) is 24.1. The molecule has 0 N–H and O–H groups in total. The minimum absolute atomic E-state index is 1.03. The molecule has 0 bridgehead atoms. The summed E-state index contributed by atoms with van der Waals surface area (Å²) in [4.78, 5) is 4.67. The number of nitrogens with zero attached hydrogens (tertiary/aromatic N) is 2. The molecule has 328 valence electrons. The van der Waals surface area contributed by atoms with Gasteiger partial charge in [-0.15, -0.1) is 0 Å². The molecular weight excluding hydrogens is 901 g/mol. The van der Waals surface area contributed by atoms with Crippen LogP contribution in [-0.2, 0) is 0 Å². The molecule has 0 aliphatic heterocycles. The van der Waals surface area contributed by atoms with E-state index in [4.69, 9.17) is 0 Å². The van der Waals surface area contributed by atoms with Gasteiger partial charge in [-0.3, -0.25) is 0 Å². The van der Waals surface area contributed by atoms with Crippen molar-refractivity contribution in [1.82, 2.24) is 0 Å². The van der Waals surface area contributed by atoms with Gasteiger partial charge < -0.3 is 9.80 Å². The van der Waals surface area contributed by atoms with Crippen molar-refractivity contribution in [1.29, 1.82) is 0 Å². The van der Waals surface area contributed by atoms with E-state index in [9.17, 15) is 0 Å². The second-order valence-electron chi connectivity index (χ2n) is 17.1. The van der Waals surface area contributed by atoms with Crippen LogP contribution in [0.3, 0.4) is 0 Å². The minimum atomic E-state index is 1.03. The molecule has 0 saturated heterocycles. The van der Waals surface area contributed by atoms with E-state index in [1.54, 1.807) is 0 Å². The highest BCUT2D eigenvalue weighted by Gasteiger charge is 2.17. The molecule has 0 fully saturated rings. The summed E-state index contributed by atoms with van der Waals surface area (Å²) in [5.41, 5.74) is 20.7. The lowest BCUT2D eigenvalue weighted by molar-refractivity contribution is 1.28. The Bertz CT molecular complexity index is 3020. The summed E-state index contributed by atoms with van der Waals surface area (Å²) in [5.74, 6) is 0. The highest BCUT2D eigenvalue weighted by molar-refractivity contribution is 9.10. The van der Waals surface area contributed by atoms with E-state index in [1.165, 1.54) is 44.5 Å². The quantitative estimate of drug-likeness (QED) is 0.120. The summed E-state index contributed by atoms with van der Waals surface area (Å²) in [6.07, 6.45) is 0. The van der Waals surface area contributed by atoms with Crippen molar-refractivity contribution in [3.8, 4) is 66.8 Å². The maximum absolute atomic E-state index is 3.88. The van der Waals surface area contributed by atoms with E-state index in [1.807, 2.05) is 0 Å². The van der Waals surface area contributed by atoms with Crippen LogP contribution in [0.15, 0.2) is 290 Å². The molecule has 0 spiro atoms. The molecular formula is C66H47BrN2. The largest absolute Gasteiger partial charge is 0.311 e. The highest BCUT2D eigenvalue weighted by Crippen LogP contribution is 2.41. The van der Waals surface area contributed by atoms with E-state index in [2.05, 4.69) is 311 Å². The molecule has 2 nitrogen and oxygen atoms in total. The third-order valence-corrected chi connectivity index (χ3v) is 13.2. The van der Waals surface area contributed by atoms with Gasteiger partial charge in [-0.05, 0) is 158 Å². The van der Waals surface area contributed by atoms with E-state index in [-0.39, 0.29) is 0 Å². The summed E-state index contributed by atoms with van der Waals surface area (Å²) < 4.78 is 1.03.